The van der Waals surface area contributed by atoms with Crippen molar-refractivity contribution in [3.8, 4) is 0 Å². The molecule has 0 saturated carbocycles. The number of benzene rings is 1. The van der Waals surface area contributed by atoms with Crippen molar-refractivity contribution in [2.45, 2.75) is 26.2 Å². The van der Waals surface area contributed by atoms with Gasteiger partial charge in [0.25, 0.3) is 16.8 Å². The zero-order valence-corrected chi connectivity index (χ0v) is 15.5. The molecule has 0 bridgehead atoms. The van der Waals surface area contributed by atoms with Crippen molar-refractivity contribution in [1.82, 2.24) is 15.0 Å². The van der Waals surface area contributed by atoms with Gasteiger partial charge in [0, 0.05) is 11.5 Å². The second kappa shape index (κ2) is 7.10. The van der Waals surface area contributed by atoms with Gasteiger partial charge in [-0.2, -0.15) is 0 Å². The quantitative estimate of drug-likeness (QED) is 0.511. The van der Waals surface area contributed by atoms with Gasteiger partial charge in [0.1, 0.15) is 22.2 Å². The van der Waals surface area contributed by atoms with Gasteiger partial charge in [-0.1, -0.05) is 32.9 Å². The number of nitro groups is 1. The molecule has 2 N–H and O–H groups in total. The van der Waals surface area contributed by atoms with Gasteiger partial charge in [-0.25, -0.2) is 4.98 Å². The van der Waals surface area contributed by atoms with Crippen LogP contribution in [0.25, 0.3) is 12.2 Å². The topological polar surface area (TPSA) is 135 Å². The predicted octanol–water partition coefficient (Wildman–Crippen LogP) is 0.914. The minimum absolute atomic E-state index is 0.00381. The molecule has 28 heavy (non-hydrogen) atoms. The Morgan fingerprint density at radius 1 is 1.07 bits per heavy atom. The Kier molecular flexibility index (Phi) is 4.83. The molecule has 0 atom stereocenters. The highest BCUT2D eigenvalue weighted by Crippen LogP contribution is 2.25. The number of rotatable bonds is 3. The van der Waals surface area contributed by atoms with Crippen LogP contribution in [0.5, 0.6) is 0 Å². The van der Waals surface area contributed by atoms with Crippen molar-refractivity contribution in [3.05, 3.63) is 89.2 Å². The molecule has 0 amide bonds. The zero-order chi connectivity index (χ0) is 20.5. The van der Waals surface area contributed by atoms with Crippen LogP contribution in [0.15, 0.2) is 44.7 Å². The third-order valence-corrected chi connectivity index (χ3v) is 3.98. The fraction of sp³-hybridized carbons (Fsp3) is 0.211. The van der Waals surface area contributed by atoms with E-state index < -0.39 is 16.0 Å². The molecule has 1 aromatic carbocycles. The Morgan fingerprint density at radius 3 is 2.29 bits per heavy atom. The van der Waals surface area contributed by atoms with Crippen molar-refractivity contribution in [2.75, 3.05) is 0 Å². The fourth-order valence-corrected chi connectivity index (χ4v) is 2.68. The van der Waals surface area contributed by atoms with Crippen LogP contribution in [-0.2, 0) is 5.41 Å². The minimum Gasteiger partial charge on any atom is -0.447 e. The molecule has 0 radical (unpaired) electrons. The fourth-order valence-electron chi connectivity index (χ4n) is 2.68. The third-order valence-electron chi connectivity index (χ3n) is 3.98. The normalized spacial score (nSPS) is 13.1. The SMILES string of the molecule is CC(C)(C)c1ocnc1C=c1[nH]c(=O)c(=Cc2ccccc2[N+](=O)[O-])[nH]c1=O. The number of para-hydroxylation sites is 1. The standard InChI is InChI=1S/C19H18N4O5/c1-19(2,3)16-12(20-10-28-16)9-14-18(25)21-13(17(24)22-14)8-11-6-4-5-7-15(11)23(26)27/h4-10H,1-3H3,(H,21,25)(H,22,24). The second-order valence-corrected chi connectivity index (χ2v) is 7.16. The van der Waals surface area contributed by atoms with E-state index >= 15 is 0 Å². The summed E-state index contributed by atoms with van der Waals surface area (Å²) in [4.78, 5) is 44.4. The summed E-state index contributed by atoms with van der Waals surface area (Å²) in [6, 6.07) is 5.93. The van der Waals surface area contributed by atoms with Gasteiger partial charge in [-0.3, -0.25) is 19.7 Å². The van der Waals surface area contributed by atoms with Gasteiger partial charge in [0.15, 0.2) is 6.39 Å². The number of H-pyrrole nitrogens is 2. The van der Waals surface area contributed by atoms with Crippen LogP contribution in [-0.4, -0.2) is 19.9 Å². The molecule has 9 heteroatoms. The maximum atomic E-state index is 12.4. The van der Waals surface area contributed by atoms with Crippen LogP contribution < -0.4 is 21.8 Å². The molecule has 0 saturated heterocycles. The van der Waals surface area contributed by atoms with E-state index in [4.69, 9.17) is 4.42 Å². The monoisotopic (exact) mass is 382 g/mol. The molecule has 0 fully saturated rings. The largest absolute Gasteiger partial charge is 0.447 e. The highest BCUT2D eigenvalue weighted by Gasteiger charge is 2.22. The van der Waals surface area contributed by atoms with Gasteiger partial charge < -0.3 is 14.4 Å². The number of aromatic amines is 2. The average Bonchev–Trinajstić information content (AvgIpc) is 3.08. The van der Waals surface area contributed by atoms with Gasteiger partial charge in [-0.15, -0.1) is 0 Å². The van der Waals surface area contributed by atoms with E-state index in [9.17, 15) is 19.7 Å². The van der Waals surface area contributed by atoms with Gasteiger partial charge in [0.05, 0.1) is 10.5 Å². The van der Waals surface area contributed by atoms with E-state index in [1.165, 1.54) is 36.7 Å². The number of oxazole rings is 1. The van der Waals surface area contributed by atoms with Crippen LogP contribution in [0.3, 0.4) is 0 Å². The summed E-state index contributed by atoms with van der Waals surface area (Å²) in [6.45, 7) is 5.80. The van der Waals surface area contributed by atoms with E-state index in [0.29, 0.717) is 11.5 Å². The molecular formula is C19H18N4O5. The maximum Gasteiger partial charge on any atom is 0.276 e. The van der Waals surface area contributed by atoms with E-state index in [1.54, 1.807) is 6.07 Å². The summed E-state index contributed by atoms with van der Waals surface area (Å²) in [5.74, 6) is 0.572. The van der Waals surface area contributed by atoms with E-state index in [0.717, 1.165) is 0 Å². The summed E-state index contributed by atoms with van der Waals surface area (Å²) >= 11 is 0. The zero-order valence-electron chi connectivity index (χ0n) is 15.5. The average molecular weight is 382 g/mol. The van der Waals surface area contributed by atoms with Crippen LogP contribution in [0, 0.1) is 10.1 Å². The lowest BCUT2D eigenvalue weighted by Gasteiger charge is -2.14. The van der Waals surface area contributed by atoms with Gasteiger partial charge in [0.2, 0.25) is 0 Å². The number of nitrogens with one attached hydrogen (secondary N) is 2. The molecule has 0 unspecified atom stereocenters. The Bertz CT molecular complexity index is 1270. The Labute approximate surface area is 158 Å². The van der Waals surface area contributed by atoms with Crippen molar-refractivity contribution in [1.29, 1.82) is 0 Å². The van der Waals surface area contributed by atoms with E-state index in [1.807, 2.05) is 20.8 Å². The molecule has 0 aliphatic carbocycles. The first-order valence-electron chi connectivity index (χ1n) is 8.40. The van der Waals surface area contributed by atoms with Gasteiger partial charge in [-0.05, 0) is 18.2 Å². The van der Waals surface area contributed by atoms with E-state index in [2.05, 4.69) is 15.0 Å². The van der Waals surface area contributed by atoms with Crippen molar-refractivity contribution in [3.63, 3.8) is 0 Å². The van der Waals surface area contributed by atoms with Crippen molar-refractivity contribution < 1.29 is 9.34 Å². The Hall–Kier alpha value is -3.75. The number of nitro benzene ring substituents is 1. The Balaban J connectivity index is 2.17. The molecular weight excluding hydrogens is 364 g/mol. The Morgan fingerprint density at radius 2 is 1.68 bits per heavy atom. The lowest BCUT2D eigenvalue weighted by Crippen LogP contribution is -2.46. The number of aromatic nitrogens is 3. The number of nitrogens with zero attached hydrogens (tertiary/aromatic N) is 2. The van der Waals surface area contributed by atoms with Crippen LogP contribution in [0.1, 0.15) is 37.8 Å². The second-order valence-electron chi connectivity index (χ2n) is 7.16. The molecule has 2 aromatic heterocycles. The van der Waals surface area contributed by atoms with Crippen molar-refractivity contribution >= 4 is 17.8 Å². The lowest BCUT2D eigenvalue weighted by molar-refractivity contribution is -0.385. The molecule has 9 nitrogen and oxygen atoms in total. The molecule has 0 aliphatic rings. The first-order chi connectivity index (χ1) is 13.2. The van der Waals surface area contributed by atoms with Crippen LogP contribution >= 0.6 is 0 Å². The molecule has 3 aromatic rings. The predicted molar refractivity (Wildman–Crippen MR) is 102 cm³/mol. The van der Waals surface area contributed by atoms with E-state index in [-0.39, 0.29) is 27.4 Å². The molecule has 144 valence electrons. The molecule has 0 aliphatic heterocycles. The smallest absolute Gasteiger partial charge is 0.276 e. The summed E-state index contributed by atoms with van der Waals surface area (Å²) in [7, 11) is 0. The maximum absolute atomic E-state index is 12.4. The molecule has 2 heterocycles. The first kappa shape index (κ1) is 19.0. The summed E-state index contributed by atoms with van der Waals surface area (Å²) in [6.07, 6.45) is 3.97. The van der Waals surface area contributed by atoms with Gasteiger partial charge >= 0.3 is 0 Å². The minimum atomic E-state index is -0.593. The highest BCUT2D eigenvalue weighted by molar-refractivity contribution is 5.59. The summed E-state index contributed by atoms with van der Waals surface area (Å²) in [5.41, 5.74) is -1.02. The van der Waals surface area contributed by atoms with Crippen molar-refractivity contribution in [2.24, 2.45) is 0 Å². The lowest BCUT2D eigenvalue weighted by atomic mass is 9.92. The summed E-state index contributed by atoms with van der Waals surface area (Å²) in [5, 5.41) is 11.0. The van der Waals surface area contributed by atoms with Crippen LogP contribution in [0.4, 0.5) is 5.69 Å². The third kappa shape index (κ3) is 3.83. The molecule has 3 rings (SSSR count). The highest BCUT2D eigenvalue weighted by atomic mass is 16.6. The number of hydrogen-bond donors (Lipinski definition) is 2. The first-order valence-corrected chi connectivity index (χ1v) is 8.40. The van der Waals surface area contributed by atoms with Crippen LogP contribution in [0.2, 0.25) is 0 Å². The number of hydrogen-bond acceptors (Lipinski definition) is 6. The molecule has 0 spiro atoms. The summed E-state index contributed by atoms with van der Waals surface area (Å²) < 4.78 is 5.39.